The Morgan fingerprint density at radius 3 is 2.63 bits per heavy atom. The first-order valence-corrected chi connectivity index (χ1v) is 14.4. The lowest BCUT2D eigenvalue weighted by molar-refractivity contribution is -0.141. The van der Waals surface area contributed by atoms with Crippen LogP contribution in [-0.2, 0) is 16.6 Å². The normalized spacial score (nSPS) is 16.7. The van der Waals surface area contributed by atoms with Gasteiger partial charge in [0.15, 0.2) is 5.13 Å². The maximum absolute atomic E-state index is 13.8. The smallest absolute Gasteiger partial charge is 0.304 e. The summed E-state index contributed by atoms with van der Waals surface area (Å²) >= 11 is 1.47. The van der Waals surface area contributed by atoms with Gasteiger partial charge in [-0.05, 0) is 42.9 Å². The van der Waals surface area contributed by atoms with E-state index < -0.39 is 11.9 Å². The fourth-order valence-corrected chi connectivity index (χ4v) is 6.75. The molecule has 0 unspecified atom stereocenters. The fraction of sp³-hybridized carbons (Fsp3) is 0.400. The summed E-state index contributed by atoms with van der Waals surface area (Å²) in [6, 6.07) is 12.5. The summed E-state index contributed by atoms with van der Waals surface area (Å²) in [6.45, 7) is 0. The molecule has 1 aromatic carbocycles. The van der Waals surface area contributed by atoms with Crippen molar-refractivity contribution in [1.82, 2.24) is 14.5 Å². The number of hydrogen-bond donors (Lipinski definition) is 1. The second-order valence-corrected chi connectivity index (χ2v) is 11.6. The molecular weight excluding hydrogens is 496 g/mol. The number of aryl methyl sites for hydroxylation is 1. The van der Waals surface area contributed by atoms with Crippen molar-refractivity contribution < 1.29 is 14.7 Å². The summed E-state index contributed by atoms with van der Waals surface area (Å²) in [6.07, 6.45) is 10.8. The zero-order valence-electron chi connectivity index (χ0n) is 21.5. The number of carbonyl (C=O) groups is 2. The quantitative estimate of drug-likeness (QED) is 0.267. The number of anilines is 1. The summed E-state index contributed by atoms with van der Waals surface area (Å²) < 4.78 is 2.01. The van der Waals surface area contributed by atoms with Crippen LogP contribution in [-0.4, -0.2) is 37.6 Å². The highest BCUT2D eigenvalue weighted by atomic mass is 32.1. The van der Waals surface area contributed by atoms with Crippen LogP contribution in [0.3, 0.4) is 0 Å². The molecule has 8 heteroatoms. The van der Waals surface area contributed by atoms with Crippen LogP contribution in [0.2, 0.25) is 0 Å². The van der Waals surface area contributed by atoms with Gasteiger partial charge >= 0.3 is 5.97 Å². The van der Waals surface area contributed by atoms with Crippen molar-refractivity contribution in [1.29, 1.82) is 0 Å². The molecule has 0 spiro atoms. The number of carboxylic acids is 1. The number of benzene rings is 1. The van der Waals surface area contributed by atoms with Gasteiger partial charge in [0.25, 0.3) is 0 Å². The molecule has 0 radical (unpaired) electrons. The van der Waals surface area contributed by atoms with Crippen LogP contribution < -0.4 is 4.90 Å². The lowest BCUT2D eigenvalue weighted by Gasteiger charge is -2.26. The summed E-state index contributed by atoms with van der Waals surface area (Å²) in [5.74, 6) is -1.04. The number of amides is 1. The minimum Gasteiger partial charge on any atom is -0.481 e. The van der Waals surface area contributed by atoms with Gasteiger partial charge in [0.05, 0.1) is 12.1 Å². The zero-order valence-corrected chi connectivity index (χ0v) is 22.4. The minimum atomic E-state index is -0.908. The topological polar surface area (TPSA) is 88.3 Å². The molecule has 0 bridgehead atoms. The highest BCUT2D eigenvalue weighted by molar-refractivity contribution is 7.14. The van der Waals surface area contributed by atoms with Crippen molar-refractivity contribution in [2.75, 3.05) is 4.90 Å². The van der Waals surface area contributed by atoms with Crippen molar-refractivity contribution in [3.8, 4) is 22.4 Å². The Bertz CT molecular complexity index is 1480. The van der Waals surface area contributed by atoms with Gasteiger partial charge in [-0.3, -0.25) is 14.5 Å². The van der Waals surface area contributed by atoms with Crippen LogP contribution in [0.25, 0.3) is 33.4 Å². The Morgan fingerprint density at radius 1 is 1.13 bits per heavy atom. The minimum absolute atomic E-state index is 0.0743. The highest BCUT2D eigenvalue weighted by Gasteiger charge is 2.40. The van der Waals surface area contributed by atoms with E-state index in [9.17, 15) is 14.7 Å². The number of thiazole rings is 1. The van der Waals surface area contributed by atoms with E-state index >= 15 is 0 Å². The third kappa shape index (κ3) is 4.97. The summed E-state index contributed by atoms with van der Waals surface area (Å²) in [4.78, 5) is 37.0. The van der Waals surface area contributed by atoms with E-state index in [1.54, 1.807) is 0 Å². The van der Waals surface area contributed by atoms with E-state index in [4.69, 9.17) is 4.98 Å². The Kier molecular flexibility index (Phi) is 6.74. The van der Waals surface area contributed by atoms with Gasteiger partial charge in [0, 0.05) is 53.3 Å². The van der Waals surface area contributed by atoms with Crippen LogP contribution in [0.4, 0.5) is 5.13 Å². The second kappa shape index (κ2) is 10.3. The molecule has 38 heavy (non-hydrogen) atoms. The third-order valence-electron chi connectivity index (χ3n) is 7.93. The van der Waals surface area contributed by atoms with Gasteiger partial charge < -0.3 is 9.67 Å². The van der Waals surface area contributed by atoms with Gasteiger partial charge in [-0.2, -0.15) is 0 Å². The van der Waals surface area contributed by atoms with E-state index in [1.807, 2.05) is 46.4 Å². The predicted octanol–water partition coefficient (Wildman–Crippen LogP) is 6.53. The second-order valence-electron chi connectivity index (χ2n) is 10.7. The molecular formula is C30H32N4O3S. The van der Waals surface area contributed by atoms with Crippen molar-refractivity contribution >= 4 is 39.4 Å². The highest BCUT2D eigenvalue weighted by Crippen LogP contribution is 2.40. The van der Waals surface area contributed by atoms with E-state index in [0.717, 1.165) is 59.1 Å². The maximum atomic E-state index is 13.8. The first kappa shape index (κ1) is 24.8. The SMILES string of the molecule is Cn1ccc2cc(-c3ccccc3-c3csc(N(C(=O)[C@@H](CC(=O)O)CC4CCCC4)C4CC4)n3)cnc21. The molecule has 1 atom stereocenters. The Labute approximate surface area is 226 Å². The first-order valence-electron chi connectivity index (χ1n) is 13.5. The summed E-state index contributed by atoms with van der Waals surface area (Å²) in [5.41, 5.74) is 4.80. The molecule has 3 aromatic heterocycles. The van der Waals surface area contributed by atoms with E-state index in [-0.39, 0.29) is 18.4 Å². The Balaban J connectivity index is 1.31. The number of hydrogen-bond acceptors (Lipinski definition) is 5. The van der Waals surface area contributed by atoms with Gasteiger partial charge in [0.1, 0.15) is 5.65 Å². The van der Waals surface area contributed by atoms with Gasteiger partial charge in [0.2, 0.25) is 5.91 Å². The van der Waals surface area contributed by atoms with Gasteiger partial charge in [-0.1, -0.05) is 49.9 Å². The van der Waals surface area contributed by atoms with Crippen molar-refractivity contribution in [3.05, 3.63) is 54.2 Å². The molecule has 4 aromatic rings. The average molecular weight is 529 g/mol. The molecule has 1 N–H and O–H groups in total. The maximum Gasteiger partial charge on any atom is 0.304 e. The number of nitrogens with zero attached hydrogens (tertiary/aromatic N) is 4. The predicted molar refractivity (Wildman–Crippen MR) is 150 cm³/mol. The number of aromatic nitrogens is 3. The number of carbonyl (C=O) groups excluding carboxylic acids is 1. The van der Waals surface area contributed by atoms with Crippen LogP contribution >= 0.6 is 11.3 Å². The number of carboxylic acid groups (broad SMARTS) is 1. The molecule has 0 aliphatic heterocycles. The third-order valence-corrected chi connectivity index (χ3v) is 8.77. The molecule has 7 nitrogen and oxygen atoms in total. The lowest BCUT2D eigenvalue weighted by Crippen LogP contribution is -2.39. The van der Waals surface area contributed by atoms with Crippen LogP contribution in [0.5, 0.6) is 0 Å². The van der Waals surface area contributed by atoms with Crippen molar-refractivity contribution in [2.24, 2.45) is 18.9 Å². The number of fused-ring (bicyclic) bond motifs is 1. The van der Waals surface area contributed by atoms with E-state index in [2.05, 4.69) is 29.2 Å². The standard InChI is InChI=1S/C30H32N4O3S/c1-33-13-12-20-15-22(17-31-28(20)33)24-8-4-5-9-25(24)26-18-38-30(32-26)34(23-10-11-23)29(37)21(16-27(35)36)14-19-6-2-3-7-19/h4-5,8-9,12-13,15,17-19,21,23H,2-3,6-7,10-11,14,16H2,1H3,(H,35,36)/t21-/m1/s1. The molecule has 1 amide bonds. The fourth-order valence-electron chi connectivity index (χ4n) is 5.85. The lowest BCUT2D eigenvalue weighted by atomic mass is 9.90. The van der Waals surface area contributed by atoms with Gasteiger partial charge in [-0.25, -0.2) is 9.97 Å². The number of aliphatic carboxylic acids is 1. The average Bonchev–Trinajstić information content (AvgIpc) is 3.27. The molecule has 2 saturated carbocycles. The Morgan fingerprint density at radius 2 is 1.89 bits per heavy atom. The van der Waals surface area contributed by atoms with Crippen molar-refractivity contribution in [3.63, 3.8) is 0 Å². The summed E-state index contributed by atoms with van der Waals surface area (Å²) in [7, 11) is 1.99. The van der Waals surface area contributed by atoms with Crippen LogP contribution in [0, 0.1) is 11.8 Å². The van der Waals surface area contributed by atoms with Crippen LogP contribution in [0.1, 0.15) is 51.4 Å². The Hall–Kier alpha value is -3.52. The number of rotatable bonds is 9. The largest absolute Gasteiger partial charge is 0.481 e. The molecule has 6 rings (SSSR count). The first-order chi connectivity index (χ1) is 18.5. The molecule has 2 aliphatic carbocycles. The zero-order chi connectivity index (χ0) is 26.2. The molecule has 3 heterocycles. The molecule has 0 saturated heterocycles. The monoisotopic (exact) mass is 528 g/mol. The van der Waals surface area contributed by atoms with Crippen LogP contribution in [0.15, 0.2) is 54.2 Å². The molecule has 196 valence electrons. The summed E-state index contributed by atoms with van der Waals surface area (Å²) in [5, 5.41) is 13.3. The van der Waals surface area contributed by atoms with E-state index in [1.165, 1.54) is 24.2 Å². The van der Waals surface area contributed by atoms with E-state index in [0.29, 0.717) is 17.5 Å². The van der Waals surface area contributed by atoms with Crippen molar-refractivity contribution in [2.45, 2.75) is 57.4 Å². The molecule has 2 fully saturated rings. The van der Waals surface area contributed by atoms with Gasteiger partial charge in [-0.15, -0.1) is 11.3 Å². The molecule has 2 aliphatic rings. The number of pyridine rings is 1.